The van der Waals surface area contributed by atoms with Crippen molar-refractivity contribution in [1.82, 2.24) is 4.31 Å². The number of nitrogens with zero attached hydrogens (tertiary/aromatic N) is 1. The Morgan fingerprint density at radius 2 is 1.84 bits per heavy atom. The number of rotatable bonds is 6. The molecule has 0 heterocycles. The van der Waals surface area contributed by atoms with E-state index in [2.05, 4.69) is 5.32 Å². The number of para-hydroxylation sites is 1. The van der Waals surface area contributed by atoms with Gasteiger partial charge in [0.1, 0.15) is 0 Å². The van der Waals surface area contributed by atoms with Gasteiger partial charge in [0.15, 0.2) is 0 Å². The summed E-state index contributed by atoms with van der Waals surface area (Å²) in [5, 5.41) is 2.67. The summed E-state index contributed by atoms with van der Waals surface area (Å²) < 4.78 is 24.4. The van der Waals surface area contributed by atoms with Gasteiger partial charge in [0.2, 0.25) is 15.9 Å². The molecule has 0 saturated carbocycles. The Balaban J connectivity index is 2.67. The number of carbonyl (C=O) groups is 1. The van der Waals surface area contributed by atoms with E-state index >= 15 is 0 Å². The summed E-state index contributed by atoms with van der Waals surface area (Å²) in [6.07, 6.45) is 1.12. The summed E-state index contributed by atoms with van der Waals surface area (Å²) in [5.41, 5.74) is 0.658. The van der Waals surface area contributed by atoms with Crippen LogP contribution >= 0.6 is 0 Å². The highest BCUT2D eigenvalue weighted by molar-refractivity contribution is 7.88. The molecule has 1 rings (SSSR count). The summed E-state index contributed by atoms with van der Waals surface area (Å²) >= 11 is 0. The lowest BCUT2D eigenvalue weighted by atomic mass is 10.2. The largest absolute Gasteiger partial charge is 0.325 e. The van der Waals surface area contributed by atoms with E-state index in [1.165, 1.54) is 4.31 Å². The third-order valence-corrected chi connectivity index (χ3v) is 3.63. The molecule has 6 heteroatoms. The van der Waals surface area contributed by atoms with Crippen LogP contribution in [0.5, 0.6) is 0 Å². The predicted octanol–water partition coefficient (Wildman–Crippen LogP) is 1.54. The highest BCUT2D eigenvalue weighted by atomic mass is 32.2. The fraction of sp³-hybridized carbons (Fsp3) is 0.462. The van der Waals surface area contributed by atoms with E-state index in [-0.39, 0.29) is 18.4 Å². The molecule has 1 amide bonds. The van der Waals surface area contributed by atoms with Crippen molar-refractivity contribution < 1.29 is 13.2 Å². The molecule has 106 valence electrons. The molecule has 0 spiro atoms. The highest BCUT2D eigenvalue weighted by Crippen LogP contribution is 2.07. The van der Waals surface area contributed by atoms with Gasteiger partial charge in [-0.05, 0) is 18.1 Å². The predicted molar refractivity (Wildman–Crippen MR) is 76.3 cm³/mol. The SMILES string of the molecule is CC(C)CN(CC(=O)Nc1ccccc1)S(C)(=O)=O. The average molecular weight is 284 g/mol. The minimum absolute atomic E-state index is 0.161. The van der Waals surface area contributed by atoms with E-state index in [9.17, 15) is 13.2 Å². The molecule has 0 unspecified atom stereocenters. The van der Waals surface area contributed by atoms with Gasteiger partial charge in [-0.3, -0.25) is 4.79 Å². The van der Waals surface area contributed by atoms with Gasteiger partial charge in [-0.25, -0.2) is 8.42 Å². The second kappa shape index (κ2) is 6.68. The summed E-state index contributed by atoms with van der Waals surface area (Å²) in [7, 11) is -3.37. The maximum absolute atomic E-state index is 11.8. The second-order valence-corrected chi connectivity index (χ2v) is 6.85. The Kier molecular flexibility index (Phi) is 5.50. The molecule has 1 aromatic carbocycles. The van der Waals surface area contributed by atoms with Gasteiger partial charge >= 0.3 is 0 Å². The zero-order chi connectivity index (χ0) is 14.5. The second-order valence-electron chi connectivity index (χ2n) is 4.86. The van der Waals surface area contributed by atoms with Crippen molar-refractivity contribution in [3.63, 3.8) is 0 Å². The molecule has 0 radical (unpaired) electrons. The third kappa shape index (κ3) is 5.85. The van der Waals surface area contributed by atoms with Crippen molar-refractivity contribution in [1.29, 1.82) is 0 Å². The maximum Gasteiger partial charge on any atom is 0.239 e. The molecule has 0 fully saturated rings. The Labute approximate surface area is 114 Å². The van der Waals surface area contributed by atoms with Gasteiger partial charge in [0.25, 0.3) is 0 Å². The molecule has 0 aliphatic heterocycles. The summed E-state index contributed by atoms with van der Waals surface area (Å²) in [4.78, 5) is 11.8. The molecule has 0 aliphatic carbocycles. The van der Waals surface area contributed by atoms with Crippen LogP contribution < -0.4 is 5.32 Å². The molecule has 19 heavy (non-hydrogen) atoms. The highest BCUT2D eigenvalue weighted by Gasteiger charge is 2.20. The molecular weight excluding hydrogens is 264 g/mol. The number of amides is 1. The van der Waals surface area contributed by atoms with Crippen LogP contribution in [-0.2, 0) is 14.8 Å². The molecular formula is C13H20N2O3S. The molecule has 5 nitrogen and oxygen atoms in total. The van der Waals surface area contributed by atoms with Crippen molar-refractivity contribution in [2.24, 2.45) is 5.92 Å². The van der Waals surface area contributed by atoms with Crippen molar-refractivity contribution in [3.05, 3.63) is 30.3 Å². The molecule has 1 N–H and O–H groups in total. The van der Waals surface area contributed by atoms with Gasteiger partial charge in [-0.15, -0.1) is 0 Å². The fourth-order valence-corrected chi connectivity index (χ4v) is 2.53. The van der Waals surface area contributed by atoms with E-state index in [4.69, 9.17) is 0 Å². The van der Waals surface area contributed by atoms with Crippen LogP contribution in [0.2, 0.25) is 0 Å². The molecule has 0 atom stereocenters. The number of sulfonamides is 1. The minimum atomic E-state index is -3.37. The van der Waals surface area contributed by atoms with E-state index < -0.39 is 10.0 Å². The van der Waals surface area contributed by atoms with Gasteiger partial charge < -0.3 is 5.32 Å². The minimum Gasteiger partial charge on any atom is -0.325 e. The van der Waals surface area contributed by atoms with Crippen molar-refractivity contribution in [2.75, 3.05) is 24.7 Å². The number of hydrogen-bond acceptors (Lipinski definition) is 3. The third-order valence-electron chi connectivity index (χ3n) is 2.42. The Morgan fingerprint density at radius 3 is 2.32 bits per heavy atom. The maximum atomic E-state index is 11.8. The number of carbonyl (C=O) groups excluding carboxylic acids is 1. The summed E-state index contributed by atoms with van der Waals surface area (Å²) in [5.74, 6) is -0.170. The molecule has 0 aromatic heterocycles. The van der Waals surface area contributed by atoms with Crippen LogP contribution in [0.1, 0.15) is 13.8 Å². The van der Waals surface area contributed by atoms with Crippen molar-refractivity contribution in [3.8, 4) is 0 Å². The van der Waals surface area contributed by atoms with E-state index in [1.807, 2.05) is 19.9 Å². The molecule has 0 saturated heterocycles. The van der Waals surface area contributed by atoms with Gasteiger partial charge in [-0.2, -0.15) is 4.31 Å². The Hall–Kier alpha value is -1.40. The lowest BCUT2D eigenvalue weighted by Crippen LogP contribution is -2.39. The smallest absolute Gasteiger partial charge is 0.239 e. The molecule has 1 aromatic rings. The van der Waals surface area contributed by atoms with Crippen LogP contribution in [0, 0.1) is 5.92 Å². The Morgan fingerprint density at radius 1 is 1.26 bits per heavy atom. The lowest BCUT2D eigenvalue weighted by molar-refractivity contribution is -0.116. The van der Waals surface area contributed by atoms with Gasteiger partial charge in [0.05, 0.1) is 12.8 Å². The topological polar surface area (TPSA) is 66.5 Å². The number of anilines is 1. The van der Waals surface area contributed by atoms with Crippen LogP contribution in [0.25, 0.3) is 0 Å². The van der Waals surface area contributed by atoms with E-state index in [1.54, 1.807) is 24.3 Å². The zero-order valence-corrected chi connectivity index (χ0v) is 12.3. The molecule has 0 aliphatic rings. The van der Waals surface area contributed by atoms with Crippen LogP contribution in [0.4, 0.5) is 5.69 Å². The first-order chi connectivity index (χ1) is 8.79. The monoisotopic (exact) mass is 284 g/mol. The number of benzene rings is 1. The van der Waals surface area contributed by atoms with Crippen LogP contribution in [-0.4, -0.2) is 38.0 Å². The van der Waals surface area contributed by atoms with Crippen molar-refractivity contribution in [2.45, 2.75) is 13.8 Å². The van der Waals surface area contributed by atoms with E-state index in [0.717, 1.165) is 6.26 Å². The fourth-order valence-electron chi connectivity index (χ4n) is 1.61. The van der Waals surface area contributed by atoms with Gasteiger partial charge in [-0.1, -0.05) is 32.0 Å². The summed E-state index contributed by atoms with van der Waals surface area (Å²) in [6, 6.07) is 8.96. The van der Waals surface area contributed by atoms with Crippen molar-refractivity contribution >= 4 is 21.6 Å². The lowest BCUT2D eigenvalue weighted by Gasteiger charge is -2.21. The standard InChI is InChI=1S/C13H20N2O3S/c1-11(2)9-15(19(3,17)18)10-13(16)14-12-7-5-4-6-8-12/h4-8,11H,9-10H2,1-3H3,(H,14,16). The quantitative estimate of drug-likeness (QED) is 0.861. The first-order valence-electron chi connectivity index (χ1n) is 6.09. The zero-order valence-electron chi connectivity index (χ0n) is 11.5. The number of nitrogens with one attached hydrogen (secondary N) is 1. The van der Waals surface area contributed by atoms with Crippen LogP contribution in [0.15, 0.2) is 30.3 Å². The van der Waals surface area contributed by atoms with E-state index in [0.29, 0.717) is 12.2 Å². The molecule has 0 bridgehead atoms. The first-order valence-corrected chi connectivity index (χ1v) is 7.94. The number of hydrogen-bond donors (Lipinski definition) is 1. The first kappa shape index (κ1) is 15.7. The van der Waals surface area contributed by atoms with Gasteiger partial charge in [0, 0.05) is 12.2 Å². The summed E-state index contributed by atoms with van der Waals surface area (Å²) in [6.45, 7) is 3.99. The normalized spacial score (nSPS) is 11.8. The Bertz CT molecular complexity index is 512. The average Bonchev–Trinajstić information content (AvgIpc) is 2.27. The van der Waals surface area contributed by atoms with Crippen LogP contribution in [0.3, 0.4) is 0 Å².